The number of aromatic amines is 1. The number of nitrogens with zero attached hydrogens (tertiary/aromatic N) is 1. The molecule has 140 valence electrons. The molecule has 0 unspecified atom stereocenters. The van der Waals surface area contributed by atoms with Crippen LogP contribution >= 0.6 is 0 Å². The van der Waals surface area contributed by atoms with Gasteiger partial charge in [-0.1, -0.05) is 69.4 Å². The largest absolute Gasteiger partial charge is 0.356 e. The van der Waals surface area contributed by atoms with Gasteiger partial charge in [0, 0.05) is 11.3 Å². The number of hydrogen-bond acceptors (Lipinski definition) is 3. The molecule has 1 saturated carbocycles. The van der Waals surface area contributed by atoms with E-state index in [0.29, 0.717) is 18.9 Å². The molecule has 1 heterocycles. The predicted octanol–water partition coefficient (Wildman–Crippen LogP) is 3.40. The van der Waals surface area contributed by atoms with Gasteiger partial charge in [0.1, 0.15) is 6.73 Å². The van der Waals surface area contributed by atoms with Crippen molar-refractivity contribution >= 4 is 0 Å². The van der Waals surface area contributed by atoms with Crippen LogP contribution in [0.15, 0.2) is 39.9 Å². The van der Waals surface area contributed by atoms with Crippen LogP contribution in [0.1, 0.15) is 55.8 Å². The van der Waals surface area contributed by atoms with Gasteiger partial charge in [-0.15, -0.1) is 0 Å². The molecule has 0 amide bonds. The highest BCUT2D eigenvalue weighted by Crippen LogP contribution is 2.27. The van der Waals surface area contributed by atoms with Crippen molar-refractivity contribution in [2.75, 3.05) is 0 Å². The van der Waals surface area contributed by atoms with Crippen molar-refractivity contribution in [1.82, 2.24) is 9.55 Å². The maximum Gasteiger partial charge on any atom is 0.330 e. The molecular formula is C21H28N2O3. The minimum Gasteiger partial charge on any atom is -0.356 e. The van der Waals surface area contributed by atoms with Gasteiger partial charge < -0.3 is 4.74 Å². The Morgan fingerprint density at radius 3 is 2.54 bits per heavy atom. The summed E-state index contributed by atoms with van der Waals surface area (Å²) >= 11 is 0. The van der Waals surface area contributed by atoms with E-state index in [9.17, 15) is 9.59 Å². The van der Waals surface area contributed by atoms with Crippen molar-refractivity contribution in [1.29, 1.82) is 0 Å². The van der Waals surface area contributed by atoms with Crippen molar-refractivity contribution in [2.24, 2.45) is 5.92 Å². The van der Waals surface area contributed by atoms with Gasteiger partial charge in [-0.25, -0.2) is 4.79 Å². The fourth-order valence-corrected chi connectivity index (χ4v) is 3.88. The summed E-state index contributed by atoms with van der Waals surface area (Å²) in [6, 6.07) is 9.89. The highest BCUT2D eigenvalue weighted by Gasteiger charge is 2.20. The molecule has 26 heavy (non-hydrogen) atoms. The van der Waals surface area contributed by atoms with Crippen molar-refractivity contribution in [2.45, 2.75) is 65.2 Å². The molecule has 1 aromatic carbocycles. The Labute approximate surface area is 154 Å². The average molecular weight is 356 g/mol. The van der Waals surface area contributed by atoms with E-state index in [4.69, 9.17) is 4.74 Å². The van der Waals surface area contributed by atoms with Crippen molar-refractivity contribution in [3.05, 3.63) is 68.0 Å². The molecule has 1 aromatic heterocycles. The van der Waals surface area contributed by atoms with Gasteiger partial charge in [0.05, 0.1) is 6.61 Å². The summed E-state index contributed by atoms with van der Waals surface area (Å²) in [6.45, 7) is 2.57. The fourth-order valence-electron chi connectivity index (χ4n) is 3.88. The minimum absolute atomic E-state index is 0.166. The van der Waals surface area contributed by atoms with Crippen LogP contribution in [0.3, 0.4) is 0 Å². The average Bonchev–Trinajstić information content (AvgIpc) is 2.66. The van der Waals surface area contributed by atoms with Crippen LogP contribution in [0.5, 0.6) is 0 Å². The predicted molar refractivity (Wildman–Crippen MR) is 102 cm³/mol. The first-order valence-electron chi connectivity index (χ1n) is 9.65. The normalized spacial score (nSPS) is 15.3. The molecule has 0 atom stereocenters. The van der Waals surface area contributed by atoms with E-state index < -0.39 is 0 Å². The van der Waals surface area contributed by atoms with E-state index >= 15 is 0 Å². The van der Waals surface area contributed by atoms with E-state index in [1.807, 2.05) is 37.3 Å². The first kappa shape index (κ1) is 18.6. The zero-order chi connectivity index (χ0) is 18.4. The monoisotopic (exact) mass is 356 g/mol. The Hall–Kier alpha value is -2.14. The third-order valence-electron chi connectivity index (χ3n) is 5.31. The van der Waals surface area contributed by atoms with Crippen LogP contribution in [0.2, 0.25) is 0 Å². The summed E-state index contributed by atoms with van der Waals surface area (Å²) in [5, 5.41) is 0. The van der Waals surface area contributed by atoms with Gasteiger partial charge in [-0.05, 0) is 24.3 Å². The lowest BCUT2D eigenvalue weighted by Crippen LogP contribution is -2.36. The second-order valence-corrected chi connectivity index (χ2v) is 7.14. The van der Waals surface area contributed by atoms with E-state index in [2.05, 4.69) is 4.98 Å². The molecule has 0 aliphatic heterocycles. The summed E-state index contributed by atoms with van der Waals surface area (Å²) in [6.07, 6.45) is 7.53. The molecule has 0 bridgehead atoms. The quantitative estimate of drug-likeness (QED) is 0.827. The van der Waals surface area contributed by atoms with E-state index in [1.165, 1.54) is 32.1 Å². The zero-order valence-corrected chi connectivity index (χ0v) is 15.5. The SMILES string of the molecule is CCc1c(CC2CCCCC2)n(COCc2ccccc2)c(=O)[nH]c1=O. The topological polar surface area (TPSA) is 64.1 Å². The Bertz CT molecular complexity index is 817. The molecule has 0 spiro atoms. The van der Waals surface area contributed by atoms with Crippen LogP contribution in [0.4, 0.5) is 0 Å². The number of rotatable bonds is 7. The lowest BCUT2D eigenvalue weighted by molar-refractivity contribution is 0.0581. The first-order valence-corrected chi connectivity index (χ1v) is 9.65. The van der Waals surface area contributed by atoms with Gasteiger partial charge >= 0.3 is 5.69 Å². The van der Waals surface area contributed by atoms with Gasteiger partial charge in [-0.2, -0.15) is 0 Å². The number of hydrogen-bond donors (Lipinski definition) is 1. The van der Waals surface area contributed by atoms with Gasteiger partial charge in [0.15, 0.2) is 0 Å². The molecule has 0 saturated heterocycles. The van der Waals surface area contributed by atoms with Gasteiger partial charge in [0.2, 0.25) is 0 Å². The molecule has 1 fully saturated rings. The molecule has 5 nitrogen and oxygen atoms in total. The Morgan fingerprint density at radius 2 is 1.85 bits per heavy atom. The van der Waals surface area contributed by atoms with Crippen molar-refractivity contribution in [3.63, 3.8) is 0 Å². The highest BCUT2D eigenvalue weighted by atomic mass is 16.5. The molecule has 0 radical (unpaired) electrons. The molecule has 2 aromatic rings. The smallest absolute Gasteiger partial charge is 0.330 e. The number of ether oxygens (including phenoxy) is 1. The van der Waals surface area contributed by atoms with E-state index in [0.717, 1.165) is 23.2 Å². The van der Waals surface area contributed by atoms with Crippen molar-refractivity contribution in [3.8, 4) is 0 Å². The molecular weight excluding hydrogens is 328 g/mol. The molecule has 1 aliphatic rings. The van der Waals surface area contributed by atoms with Gasteiger partial charge in [-0.3, -0.25) is 14.3 Å². The minimum atomic E-state index is -0.369. The second kappa shape index (κ2) is 8.99. The summed E-state index contributed by atoms with van der Waals surface area (Å²) in [5.41, 5.74) is 2.03. The van der Waals surface area contributed by atoms with E-state index in [1.54, 1.807) is 4.57 Å². The Morgan fingerprint density at radius 1 is 1.12 bits per heavy atom. The summed E-state index contributed by atoms with van der Waals surface area (Å²) < 4.78 is 7.42. The van der Waals surface area contributed by atoms with E-state index in [-0.39, 0.29) is 18.0 Å². The number of aromatic nitrogens is 2. The third kappa shape index (κ3) is 4.52. The standard InChI is InChI=1S/C21H28N2O3/c1-2-18-19(13-16-9-5-3-6-10-16)23(21(25)22-20(18)24)15-26-14-17-11-7-4-8-12-17/h4,7-8,11-12,16H,2-3,5-6,9-10,13-15H2,1H3,(H,22,24,25). The van der Waals surface area contributed by atoms with Crippen LogP contribution < -0.4 is 11.2 Å². The fraction of sp³-hybridized carbons (Fsp3) is 0.524. The Kier molecular flexibility index (Phi) is 6.45. The summed E-state index contributed by atoms with van der Waals surface area (Å²) in [4.78, 5) is 27.2. The molecule has 3 rings (SSSR count). The second-order valence-electron chi connectivity index (χ2n) is 7.14. The van der Waals surface area contributed by atoms with Crippen LogP contribution in [0, 0.1) is 5.92 Å². The van der Waals surface area contributed by atoms with Crippen LogP contribution in [0.25, 0.3) is 0 Å². The summed E-state index contributed by atoms with van der Waals surface area (Å²) in [7, 11) is 0. The van der Waals surface area contributed by atoms with Crippen LogP contribution in [-0.2, 0) is 30.9 Å². The van der Waals surface area contributed by atoms with Crippen molar-refractivity contribution < 1.29 is 4.74 Å². The number of H-pyrrole nitrogens is 1. The molecule has 1 aliphatic carbocycles. The maximum atomic E-state index is 12.4. The number of nitrogens with one attached hydrogen (secondary N) is 1. The first-order chi connectivity index (χ1) is 12.7. The maximum absolute atomic E-state index is 12.4. The van der Waals surface area contributed by atoms with Gasteiger partial charge in [0.25, 0.3) is 5.56 Å². The lowest BCUT2D eigenvalue weighted by Gasteiger charge is -2.24. The number of benzene rings is 1. The Balaban J connectivity index is 1.82. The molecule has 1 N–H and O–H groups in total. The molecule has 5 heteroatoms. The zero-order valence-electron chi connectivity index (χ0n) is 15.5. The van der Waals surface area contributed by atoms with Crippen LogP contribution in [-0.4, -0.2) is 9.55 Å². The lowest BCUT2D eigenvalue weighted by atomic mass is 9.85. The highest BCUT2D eigenvalue weighted by molar-refractivity contribution is 5.19. The third-order valence-corrected chi connectivity index (χ3v) is 5.31. The summed E-state index contributed by atoms with van der Waals surface area (Å²) in [5.74, 6) is 0.552.